The molecule has 0 atom stereocenters. The number of anilines is 3. The number of esters is 1. The molecule has 0 saturated carbocycles. The number of ether oxygens (including phenoxy) is 1. The van der Waals surface area contributed by atoms with Gasteiger partial charge in [-0.3, -0.25) is 18.7 Å². The average molecular weight is 560 g/mol. The molecule has 1 saturated heterocycles. The summed E-state index contributed by atoms with van der Waals surface area (Å²) in [5.74, 6) is 0.510. The molecule has 0 N–H and O–H groups in total. The van der Waals surface area contributed by atoms with E-state index in [1.807, 2.05) is 0 Å². The summed E-state index contributed by atoms with van der Waals surface area (Å²) in [7, 11) is 4.69. The molecular weight excluding hydrogens is 518 g/mol. The highest BCUT2D eigenvalue weighted by Crippen LogP contribution is 2.37. The zero-order valence-electron chi connectivity index (χ0n) is 24.5. The molecular formula is C32H41N5O4. The first kappa shape index (κ1) is 28.7. The highest BCUT2D eigenvalue weighted by molar-refractivity contribution is 5.72. The summed E-state index contributed by atoms with van der Waals surface area (Å²) in [4.78, 5) is 43.6. The first-order valence-electron chi connectivity index (χ1n) is 14.6. The first-order chi connectivity index (χ1) is 19.9. The molecule has 2 aromatic carbocycles. The highest BCUT2D eigenvalue weighted by Gasteiger charge is 2.22. The first-order valence-corrected chi connectivity index (χ1v) is 14.6. The van der Waals surface area contributed by atoms with E-state index in [9.17, 15) is 14.4 Å². The van der Waals surface area contributed by atoms with Crippen LogP contribution < -0.4 is 21.0 Å². The third kappa shape index (κ3) is 6.40. The molecule has 9 nitrogen and oxygen atoms in total. The molecule has 0 spiro atoms. The summed E-state index contributed by atoms with van der Waals surface area (Å²) in [5, 5.41) is 0. The number of rotatable bonds is 8. The van der Waals surface area contributed by atoms with Crippen LogP contribution in [0.5, 0.6) is 0 Å². The molecule has 0 aliphatic carbocycles. The molecule has 3 heterocycles. The normalized spacial score (nSPS) is 15.6. The second-order valence-corrected chi connectivity index (χ2v) is 11.1. The Morgan fingerprint density at radius 3 is 2.44 bits per heavy atom. The summed E-state index contributed by atoms with van der Waals surface area (Å²) in [6.45, 7) is 5.33. The second-order valence-electron chi connectivity index (χ2n) is 11.1. The summed E-state index contributed by atoms with van der Waals surface area (Å²) in [6.07, 6.45) is 5.02. The van der Waals surface area contributed by atoms with Crippen LogP contribution in [0, 0.1) is 0 Å². The minimum absolute atomic E-state index is 0.185. The Morgan fingerprint density at radius 2 is 1.63 bits per heavy atom. The number of benzene rings is 2. The zero-order valence-corrected chi connectivity index (χ0v) is 24.5. The van der Waals surface area contributed by atoms with E-state index in [4.69, 9.17) is 4.74 Å². The van der Waals surface area contributed by atoms with Crippen LogP contribution in [0.25, 0.3) is 0 Å². The van der Waals surface area contributed by atoms with E-state index in [0.29, 0.717) is 18.7 Å². The Morgan fingerprint density at radius 1 is 0.854 bits per heavy atom. The van der Waals surface area contributed by atoms with Crippen LogP contribution in [-0.2, 0) is 42.9 Å². The number of aryl methyl sites for hydroxylation is 3. The molecule has 2 aliphatic heterocycles. The van der Waals surface area contributed by atoms with Gasteiger partial charge in [-0.2, -0.15) is 0 Å². The van der Waals surface area contributed by atoms with E-state index in [-0.39, 0.29) is 17.2 Å². The second kappa shape index (κ2) is 12.8. The van der Waals surface area contributed by atoms with Crippen molar-refractivity contribution in [2.24, 2.45) is 14.1 Å². The lowest BCUT2D eigenvalue weighted by Crippen LogP contribution is -2.41. The number of carbonyl (C=O) groups excluding carboxylic acids is 1. The Bertz CT molecular complexity index is 1510. The van der Waals surface area contributed by atoms with Gasteiger partial charge in [0.25, 0.3) is 5.56 Å². The maximum Gasteiger partial charge on any atom is 0.332 e. The molecule has 3 aromatic rings. The van der Waals surface area contributed by atoms with Crippen molar-refractivity contribution in [3.63, 3.8) is 0 Å². The number of carbonyl (C=O) groups is 1. The Balaban J connectivity index is 1.28. The van der Waals surface area contributed by atoms with Gasteiger partial charge >= 0.3 is 11.7 Å². The van der Waals surface area contributed by atoms with Crippen LogP contribution in [0.4, 0.5) is 17.2 Å². The van der Waals surface area contributed by atoms with Crippen molar-refractivity contribution in [3.05, 3.63) is 86.1 Å². The summed E-state index contributed by atoms with van der Waals surface area (Å²) in [6, 6.07) is 16.9. The molecule has 5 rings (SSSR count). The van der Waals surface area contributed by atoms with Crippen LogP contribution >= 0.6 is 0 Å². The third-order valence-electron chi connectivity index (χ3n) is 8.50. The van der Waals surface area contributed by atoms with Gasteiger partial charge in [-0.25, -0.2) is 4.79 Å². The third-order valence-corrected chi connectivity index (χ3v) is 8.50. The van der Waals surface area contributed by atoms with Crippen molar-refractivity contribution in [1.82, 2.24) is 14.0 Å². The molecule has 1 aromatic heterocycles. The molecule has 0 radical (unpaired) electrons. The number of fused-ring (bicyclic) bond motifs is 2. The summed E-state index contributed by atoms with van der Waals surface area (Å²) >= 11 is 0. The van der Waals surface area contributed by atoms with Crippen LogP contribution in [0.15, 0.2) is 58.1 Å². The van der Waals surface area contributed by atoms with Gasteiger partial charge in [0.15, 0.2) is 0 Å². The molecule has 218 valence electrons. The molecule has 1 fully saturated rings. The lowest BCUT2D eigenvalue weighted by atomic mass is 10.0. The smallest absolute Gasteiger partial charge is 0.332 e. The standard InChI is InChI=1S/C32H41N5O4/c1-33-29(23-30(38)34(2)32(33)40)36-18-6-16-35(20-21-36)17-7-19-37-27-9-5-4-8-25(27)13-14-26-12-10-24(22-28(26)37)11-15-31(39)41-3/h4-5,8-10,12,22-23H,6-7,11,13-21H2,1-3H3. The summed E-state index contributed by atoms with van der Waals surface area (Å²) in [5.41, 5.74) is 5.81. The predicted molar refractivity (Wildman–Crippen MR) is 162 cm³/mol. The van der Waals surface area contributed by atoms with Gasteiger partial charge in [0.05, 0.1) is 7.11 Å². The minimum atomic E-state index is -0.292. The number of nitrogens with zero attached hydrogens (tertiary/aromatic N) is 5. The van der Waals surface area contributed by atoms with Crippen molar-refractivity contribution >= 4 is 23.2 Å². The van der Waals surface area contributed by atoms with Crippen LogP contribution in [0.1, 0.15) is 36.0 Å². The lowest BCUT2D eigenvalue weighted by molar-refractivity contribution is -0.140. The topological polar surface area (TPSA) is 80.0 Å². The summed E-state index contributed by atoms with van der Waals surface area (Å²) < 4.78 is 7.58. The van der Waals surface area contributed by atoms with Gasteiger partial charge in [0, 0.05) is 64.1 Å². The van der Waals surface area contributed by atoms with Crippen molar-refractivity contribution < 1.29 is 9.53 Å². The number of methoxy groups -OCH3 is 1. The fourth-order valence-electron chi connectivity index (χ4n) is 6.10. The number of hydrogen-bond acceptors (Lipinski definition) is 7. The van der Waals surface area contributed by atoms with Gasteiger partial charge in [-0.05, 0) is 74.0 Å². The predicted octanol–water partition coefficient (Wildman–Crippen LogP) is 3.03. The van der Waals surface area contributed by atoms with Gasteiger partial charge in [0.1, 0.15) is 5.82 Å². The number of para-hydroxylation sites is 1. The van der Waals surface area contributed by atoms with E-state index in [0.717, 1.165) is 75.1 Å². The Kier molecular flexibility index (Phi) is 8.93. The molecule has 9 heteroatoms. The van der Waals surface area contributed by atoms with Gasteiger partial charge in [0.2, 0.25) is 0 Å². The number of hydrogen-bond donors (Lipinski definition) is 0. The number of aromatic nitrogens is 2. The SMILES string of the molecule is COC(=O)CCc1ccc2c(c1)N(CCCN1CCCN(c3cc(=O)n(C)c(=O)n3C)CC1)c1ccccc1CC2. The van der Waals surface area contributed by atoms with E-state index < -0.39 is 0 Å². The van der Waals surface area contributed by atoms with E-state index in [1.165, 1.54) is 36.7 Å². The molecule has 0 unspecified atom stereocenters. The van der Waals surface area contributed by atoms with E-state index in [1.54, 1.807) is 17.7 Å². The maximum absolute atomic E-state index is 12.5. The fourth-order valence-corrected chi connectivity index (χ4v) is 6.10. The largest absolute Gasteiger partial charge is 0.469 e. The van der Waals surface area contributed by atoms with Gasteiger partial charge in [-0.1, -0.05) is 30.3 Å². The lowest BCUT2D eigenvalue weighted by Gasteiger charge is -2.29. The van der Waals surface area contributed by atoms with Crippen molar-refractivity contribution in [1.29, 1.82) is 0 Å². The van der Waals surface area contributed by atoms with Gasteiger partial charge < -0.3 is 19.4 Å². The van der Waals surface area contributed by atoms with Crippen molar-refractivity contribution in [2.75, 3.05) is 56.2 Å². The van der Waals surface area contributed by atoms with Crippen LogP contribution in [-0.4, -0.2) is 66.4 Å². The van der Waals surface area contributed by atoms with Crippen molar-refractivity contribution in [3.8, 4) is 0 Å². The minimum Gasteiger partial charge on any atom is -0.469 e. The van der Waals surface area contributed by atoms with E-state index >= 15 is 0 Å². The van der Waals surface area contributed by atoms with Crippen LogP contribution in [0.3, 0.4) is 0 Å². The molecule has 2 aliphatic rings. The molecule has 41 heavy (non-hydrogen) atoms. The molecule has 0 bridgehead atoms. The average Bonchev–Trinajstić information content (AvgIpc) is 3.32. The van der Waals surface area contributed by atoms with Gasteiger partial charge in [-0.15, -0.1) is 0 Å². The molecule has 0 amide bonds. The zero-order chi connectivity index (χ0) is 28.9. The van der Waals surface area contributed by atoms with E-state index in [2.05, 4.69) is 57.2 Å². The van der Waals surface area contributed by atoms with Crippen LogP contribution in [0.2, 0.25) is 0 Å². The monoisotopic (exact) mass is 559 g/mol. The Labute approximate surface area is 241 Å². The quantitative estimate of drug-likeness (QED) is 0.393. The maximum atomic E-state index is 12.5. The van der Waals surface area contributed by atoms with Crippen molar-refractivity contribution in [2.45, 2.75) is 38.5 Å². The fraction of sp³-hybridized carbons (Fsp3) is 0.469. The Hall–Kier alpha value is -3.85. The highest BCUT2D eigenvalue weighted by atomic mass is 16.5.